The summed E-state index contributed by atoms with van der Waals surface area (Å²) in [6.45, 7) is 13.3. The van der Waals surface area contributed by atoms with Gasteiger partial charge in [0.05, 0.1) is 4.92 Å². The lowest BCUT2D eigenvalue weighted by molar-refractivity contribution is -0.385. The van der Waals surface area contributed by atoms with Crippen molar-refractivity contribution in [3.8, 4) is 0 Å². The van der Waals surface area contributed by atoms with E-state index in [1.807, 2.05) is 41.5 Å². The van der Waals surface area contributed by atoms with Crippen LogP contribution >= 0.6 is 0 Å². The second-order valence-electron chi connectivity index (χ2n) is 7.35. The van der Waals surface area contributed by atoms with E-state index in [0.29, 0.717) is 5.69 Å². The SMILES string of the molecule is CC(=O)Nc1c(C(C)(C)C)cc([N+](=O)[O-])cc1C(C)(C)C. The van der Waals surface area contributed by atoms with Crippen LogP contribution in [0.15, 0.2) is 12.1 Å². The summed E-state index contributed by atoms with van der Waals surface area (Å²) in [4.78, 5) is 22.4. The lowest BCUT2D eigenvalue weighted by Crippen LogP contribution is -2.23. The molecule has 1 amide bonds. The Morgan fingerprint density at radius 3 is 1.67 bits per heavy atom. The summed E-state index contributed by atoms with van der Waals surface area (Å²) in [5.74, 6) is -0.181. The predicted molar refractivity (Wildman–Crippen MR) is 84.8 cm³/mol. The molecule has 0 saturated carbocycles. The second kappa shape index (κ2) is 5.47. The molecular weight excluding hydrogens is 268 g/mol. The fourth-order valence-electron chi connectivity index (χ4n) is 2.23. The van der Waals surface area contributed by atoms with Gasteiger partial charge in [-0.2, -0.15) is 0 Å². The van der Waals surface area contributed by atoms with Gasteiger partial charge in [0.25, 0.3) is 5.69 Å². The van der Waals surface area contributed by atoms with Crippen molar-refractivity contribution in [2.45, 2.75) is 59.3 Å². The Hall–Kier alpha value is -1.91. The number of nitro benzene ring substituents is 1. The van der Waals surface area contributed by atoms with Gasteiger partial charge in [0.2, 0.25) is 5.91 Å². The maximum atomic E-state index is 11.5. The molecule has 0 bridgehead atoms. The van der Waals surface area contributed by atoms with Gasteiger partial charge in [-0.1, -0.05) is 41.5 Å². The minimum Gasteiger partial charge on any atom is -0.326 e. The summed E-state index contributed by atoms with van der Waals surface area (Å²) in [6.07, 6.45) is 0. The van der Waals surface area contributed by atoms with Crippen LogP contribution < -0.4 is 5.32 Å². The zero-order valence-electron chi connectivity index (χ0n) is 13.8. The van der Waals surface area contributed by atoms with Crippen molar-refractivity contribution in [2.24, 2.45) is 0 Å². The average Bonchev–Trinajstić information content (AvgIpc) is 2.24. The van der Waals surface area contributed by atoms with Gasteiger partial charge in [0.15, 0.2) is 0 Å². The lowest BCUT2D eigenvalue weighted by Gasteiger charge is -2.29. The molecule has 0 atom stereocenters. The summed E-state index contributed by atoms with van der Waals surface area (Å²) in [6, 6.07) is 3.11. The molecule has 1 N–H and O–H groups in total. The van der Waals surface area contributed by atoms with Crippen LogP contribution in [0.1, 0.15) is 59.6 Å². The fourth-order valence-corrected chi connectivity index (χ4v) is 2.23. The van der Waals surface area contributed by atoms with E-state index in [0.717, 1.165) is 11.1 Å². The fraction of sp³-hybridized carbons (Fsp3) is 0.562. The first-order valence-electron chi connectivity index (χ1n) is 6.95. The molecule has 0 radical (unpaired) electrons. The normalized spacial score (nSPS) is 12.1. The highest BCUT2D eigenvalue weighted by molar-refractivity contribution is 5.91. The molecule has 116 valence electrons. The number of rotatable bonds is 2. The van der Waals surface area contributed by atoms with E-state index in [2.05, 4.69) is 5.32 Å². The van der Waals surface area contributed by atoms with E-state index >= 15 is 0 Å². The first-order chi connectivity index (χ1) is 9.34. The van der Waals surface area contributed by atoms with Crippen LogP contribution in [0, 0.1) is 10.1 Å². The Morgan fingerprint density at radius 2 is 1.43 bits per heavy atom. The maximum absolute atomic E-state index is 11.5. The lowest BCUT2D eigenvalue weighted by atomic mass is 9.78. The average molecular weight is 292 g/mol. The minimum absolute atomic E-state index is 0.0546. The molecule has 0 saturated heterocycles. The number of hydrogen-bond acceptors (Lipinski definition) is 3. The molecule has 0 aliphatic rings. The van der Waals surface area contributed by atoms with Crippen molar-refractivity contribution in [1.29, 1.82) is 0 Å². The molecule has 0 heterocycles. The van der Waals surface area contributed by atoms with E-state index in [-0.39, 0.29) is 27.3 Å². The second-order valence-corrected chi connectivity index (χ2v) is 7.35. The van der Waals surface area contributed by atoms with Crippen molar-refractivity contribution >= 4 is 17.3 Å². The molecule has 0 fully saturated rings. The van der Waals surface area contributed by atoms with E-state index in [9.17, 15) is 14.9 Å². The smallest absolute Gasteiger partial charge is 0.270 e. The van der Waals surface area contributed by atoms with E-state index < -0.39 is 0 Å². The third-order valence-electron chi connectivity index (χ3n) is 3.25. The van der Waals surface area contributed by atoms with E-state index in [1.54, 1.807) is 12.1 Å². The first kappa shape index (κ1) is 17.1. The van der Waals surface area contributed by atoms with Gasteiger partial charge in [-0.25, -0.2) is 0 Å². The molecule has 0 aliphatic carbocycles. The van der Waals surface area contributed by atoms with Crippen LogP contribution in [0.4, 0.5) is 11.4 Å². The predicted octanol–water partition coefficient (Wildman–Crippen LogP) is 4.15. The maximum Gasteiger partial charge on any atom is 0.270 e. The molecule has 0 spiro atoms. The topological polar surface area (TPSA) is 72.2 Å². The number of carbonyl (C=O) groups excluding carboxylic acids is 1. The highest BCUT2D eigenvalue weighted by Gasteiger charge is 2.29. The third-order valence-corrected chi connectivity index (χ3v) is 3.25. The minimum atomic E-state index is -0.387. The number of non-ortho nitro benzene ring substituents is 1. The van der Waals surface area contributed by atoms with Crippen LogP contribution in [-0.2, 0) is 15.6 Å². The third kappa shape index (κ3) is 4.03. The van der Waals surface area contributed by atoms with Crippen LogP contribution in [0.25, 0.3) is 0 Å². The largest absolute Gasteiger partial charge is 0.326 e. The Labute approximate surface area is 125 Å². The number of anilines is 1. The van der Waals surface area contributed by atoms with Crippen LogP contribution in [0.3, 0.4) is 0 Å². The number of nitro groups is 1. The quantitative estimate of drug-likeness (QED) is 0.657. The Morgan fingerprint density at radius 1 is 1.05 bits per heavy atom. The van der Waals surface area contributed by atoms with E-state index in [4.69, 9.17) is 0 Å². The van der Waals surface area contributed by atoms with Crippen molar-refractivity contribution in [3.63, 3.8) is 0 Å². The zero-order valence-corrected chi connectivity index (χ0v) is 13.8. The molecule has 1 rings (SSSR count). The van der Waals surface area contributed by atoms with Crippen molar-refractivity contribution in [1.82, 2.24) is 0 Å². The van der Waals surface area contributed by atoms with Gasteiger partial charge in [-0.3, -0.25) is 14.9 Å². The highest BCUT2D eigenvalue weighted by atomic mass is 16.6. The molecule has 21 heavy (non-hydrogen) atoms. The van der Waals surface area contributed by atoms with Crippen molar-refractivity contribution < 1.29 is 9.72 Å². The molecule has 1 aromatic carbocycles. The molecule has 5 nitrogen and oxygen atoms in total. The number of benzene rings is 1. The molecule has 0 aromatic heterocycles. The highest BCUT2D eigenvalue weighted by Crippen LogP contribution is 2.40. The number of amides is 1. The molecule has 5 heteroatoms. The zero-order chi connectivity index (χ0) is 16.6. The van der Waals surface area contributed by atoms with Crippen LogP contribution in [0.5, 0.6) is 0 Å². The van der Waals surface area contributed by atoms with Gasteiger partial charge in [0.1, 0.15) is 0 Å². The summed E-state index contributed by atoms with van der Waals surface area (Å²) in [7, 11) is 0. The Bertz CT molecular complexity index is 543. The van der Waals surface area contributed by atoms with Gasteiger partial charge in [-0.15, -0.1) is 0 Å². The van der Waals surface area contributed by atoms with Crippen molar-refractivity contribution in [3.05, 3.63) is 33.4 Å². The molecule has 1 aromatic rings. The standard InChI is InChI=1S/C16H24N2O3/c1-10(19)17-14-12(15(2,3)4)8-11(18(20)21)9-13(14)16(5,6)7/h8-9H,1-7H3,(H,17,19). The Kier molecular flexibility index (Phi) is 4.46. The monoisotopic (exact) mass is 292 g/mol. The molecular formula is C16H24N2O3. The van der Waals surface area contributed by atoms with Gasteiger partial charge >= 0.3 is 0 Å². The first-order valence-corrected chi connectivity index (χ1v) is 6.95. The number of carbonyl (C=O) groups is 1. The van der Waals surface area contributed by atoms with Crippen molar-refractivity contribution in [2.75, 3.05) is 5.32 Å². The number of nitrogens with zero attached hydrogens (tertiary/aromatic N) is 1. The summed E-state index contributed by atoms with van der Waals surface area (Å²) >= 11 is 0. The molecule has 0 unspecified atom stereocenters. The van der Waals surface area contributed by atoms with Crippen LogP contribution in [-0.4, -0.2) is 10.8 Å². The summed E-state index contributed by atoms with van der Waals surface area (Å²) in [5, 5.41) is 14.1. The van der Waals surface area contributed by atoms with Gasteiger partial charge in [-0.05, 0) is 22.0 Å². The van der Waals surface area contributed by atoms with Crippen LogP contribution in [0.2, 0.25) is 0 Å². The molecule has 0 aliphatic heterocycles. The van der Waals surface area contributed by atoms with Gasteiger partial charge in [0, 0.05) is 24.7 Å². The number of nitrogens with one attached hydrogen (secondary N) is 1. The summed E-state index contributed by atoms with van der Waals surface area (Å²) in [5.41, 5.74) is 1.66. The number of hydrogen-bond donors (Lipinski definition) is 1. The van der Waals surface area contributed by atoms with Gasteiger partial charge < -0.3 is 5.32 Å². The van der Waals surface area contributed by atoms with E-state index in [1.165, 1.54) is 6.92 Å². The summed E-state index contributed by atoms with van der Waals surface area (Å²) < 4.78 is 0. The Balaban J connectivity index is 3.77.